The van der Waals surface area contributed by atoms with Gasteiger partial charge in [-0.05, 0) is 74.8 Å². The number of hydrogen-bond donors (Lipinski definition) is 2. The van der Waals surface area contributed by atoms with Crippen LogP contribution in [0.5, 0.6) is 11.5 Å². The summed E-state index contributed by atoms with van der Waals surface area (Å²) in [6.45, 7) is 1.98. The number of benzene rings is 1. The predicted octanol–water partition coefficient (Wildman–Crippen LogP) is 3.01. The Morgan fingerprint density at radius 1 is 1.23 bits per heavy atom. The Balaban J connectivity index is 1.25. The average Bonchev–Trinajstić information content (AvgIpc) is 3.36. The van der Waals surface area contributed by atoms with Crippen LogP contribution in [-0.4, -0.2) is 69.8 Å². The van der Waals surface area contributed by atoms with Crippen molar-refractivity contribution in [1.82, 2.24) is 9.80 Å². The number of phenolic OH excluding ortho intramolecular Hbond substituents is 1. The molecule has 1 saturated heterocycles. The van der Waals surface area contributed by atoms with Gasteiger partial charge in [-0.3, -0.25) is 9.69 Å². The highest BCUT2D eigenvalue weighted by atomic mass is 16.5. The Bertz CT molecular complexity index is 1160. The van der Waals surface area contributed by atoms with Crippen LogP contribution in [-0.2, 0) is 23.1 Å². The van der Waals surface area contributed by atoms with Crippen LogP contribution in [0.15, 0.2) is 34.9 Å². The first-order chi connectivity index (χ1) is 16.9. The van der Waals surface area contributed by atoms with E-state index in [0.717, 1.165) is 43.2 Å². The van der Waals surface area contributed by atoms with Crippen LogP contribution in [0.2, 0.25) is 0 Å². The van der Waals surface area contributed by atoms with Crippen molar-refractivity contribution in [1.29, 1.82) is 0 Å². The molecule has 7 heteroatoms. The molecule has 2 aromatic rings. The van der Waals surface area contributed by atoms with Gasteiger partial charge in [0.25, 0.3) is 0 Å². The lowest BCUT2D eigenvalue weighted by Gasteiger charge is -2.64. The van der Waals surface area contributed by atoms with E-state index < -0.39 is 11.0 Å². The fraction of sp³-hybridized carbons (Fsp3) is 0.607. The highest BCUT2D eigenvalue weighted by molar-refractivity contribution is 5.77. The number of rotatable bonds is 6. The number of likely N-dealkylation sites (N-methyl/N-ethyl adjacent to an activating group) is 1. The van der Waals surface area contributed by atoms with Crippen molar-refractivity contribution in [2.75, 3.05) is 20.1 Å². The normalized spacial score (nSPS) is 34.9. The molecular weight excluding hydrogens is 444 g/mol. The highest BCUT2D eigenvalue weighted by Gasteiger charge is 2.73. The van der Waals surface area contributed by atoms with Crippen LogP contribution in [0.3, 0.4) is 0 Å². The molecule has 3 aliphatic carbocycles. The van der Waals surface area contributed by atoms with Gasteiger partial charge in [0.2, 0.25) is 5.91 Å². The van der Waals surface area contributed by atoms with E-state index in [-0.39, 0.29) is 29.8 Å². The number of hydrogen-bond acceptors (Lipinski definition) is 6. The van der Waals surface area contributed by atoms with Gasteiger partial charge in [0.05, 0.1) is 23.3 Å². The molecule has 0 radical (unpaired) electrons. The zero-order valence-electron chi connectivity index (χ0n) is 20.3. The Hall–Kier alpha value is -2.51. The molecule has 7 nitrogen and oxygen atoms in total. The number of furan rings is 1. The summed E-state index contributed by atoms with van der Waals surface area (Å²) in [4.78, 5) is 17.6. The van der Waals surface area contributed by atoms with E-state index in [4.69, 9.17) is 9.15 Å². The number of aliphatic hydroxyl groups is 1. The molecule has 2 N–H and O–H groups in total. The molecule has 2 saturated carbocycles. The minimum atomic E-state index is -0.925. The molecule has 2 aliphatic heterocycles. The van der Waals surface area contributed by atoms with E-state index in [9.17, 15) is 15.0 Å². The number of phenols is 1. The number of carbonyl (C=O) groups is 1. The maximum atomic E-state index is 13.3. The molecule has 2 bridgehead atoms. The lowest BCUT2D eigenvalue weighted by Crippen LogP contribution is -2.78. The Kier molecular flexibility index (Phi) is 4.66. The summed E-state index contributed by atoms with van der Waals surface area (Å²) in [5, 5.41) is 23.3. The van der Waals surface area contributed by atoms with Gasteiger partial charge in [-0.15, -0.1) is 0 Å². The van der Waals surface area contributed by atoms with Crippen molar-refractivity contribution >= 4 is 5.91 Å². The Morgan fingerprint density at radius 3 is 2.86 bits per heavy atom. The molecule has 35 heavy (non-hydrogen) atoms. The Morgan fingerprint density at radius 2 is 2.09 bits per heavy atom. The summed E-state index contributed by atoms with van der Waals surface area (Å²) in [5.41, 5.74) is 0.667. The fourth-order valence-corrected chi connectivity index (χ4v) is 7.90. The van der Waals surface area contributed by atoms with Crippen molar-refractivity contribution in [3.8, 4) is 11.5 Å². The number of carbonyl (C=O) groups excluding carboxylic acids is 1. The fourth-order valence-electron chi connectivity index (χ4n) is 7.90. The van der Waals surface area contributed by atoms with Gasteiger partial charge in [0, 0.05) is 38.0 Å². The molecule has 1 aromatic heterocycles. The average molecular weight is 479 g/mol. The van der Waals surface area contributed by atoms with E-state index in [1.165, 1.54) is 18.4 Å². The topological polar surface area (TPSA) is 86.4 Å². The van der Waals surface area contributed by atoms with Gasteiger partial charge < -0.3 is 24.3 Å². The molecule has 5 atom stereocenters. The van der Waals surface area contributed by atoms with Crippen LogP contribution >= 0.6 is 0 Å². The van der Waals surface area contributed by atoms with Gasteiger partial charge in [-0.2, -0.15) is 0 Å². The quantitative estimate of drug-likeness (QED) is 0.664. The molecule has 3 heterocycles. The van der Waals surface area contributed by atoms with Crippen LogP contribution in [0, 0.1) is 5.92 Å². The van der Waals surface area contributed by atoms with Gasteiger partial charge in [-0.1, -0.05) is 6.07 Å². The van der Waals surface area contributed by atoms with Gasteiger partial charge in [-0.25, -0.2) is 0 Å². The molecule has 7 rings (SSSR count). The number of amides is 1. The summed E-state index contributed by atoms with van der Waals surface area (Å²) < 4.78 is 12.0. The van der Waals surface area contributed by atoms with Gasteiger partial charge >= 0.3 is 0 Å². The predicted molar refractivity (Wildman–Crippen MR) is 128 cm³/mol. The summed E-state index contributed by atoms with van der Waals surface area (Å²) in [5.74, 6) is 2.29. The maximum absolute atomic E-state index is 13.3. The number of piperidine rings is 1. The van der Waals surface area contributed by atoms with Crippen molar-refractivity contribution in [2.24, 2.45) is 5.92 Å². The molecule has 1 amide bonds. The van der Waals surface area contributed by atoms with Crippen LogP contribution in [0.25, 0.3) is 0 Å². The van der Waals surface area contributed by atoms with Crippen LogP contribution < -0.4 is 4.74 Å². The first-order valence-corrected chi connectivity index (χ1v) is 13.2. The number of nitrogens with zero attached hydrogens (tertiary/aromatic N) is 2. The zero-order chi connectivity index (χ0) is 23.9. The van der Waals surface area contributed by atoms with E-state index in [1.54, 1.807) is 12.3 Å². The first-order valence-electron chi connectivity index (χ1n) is 13.2. The molecule has 2 unspecified atom stereocenters. The first kappa shape index (κ1) is 21.7. The standard InChI is InChI=1S/C28H34N2O5/c1-29(23(32)9-7-19-3-2-14-34-19)20-10-11-28(33)22-15-18-6-8-21(31)25-24(18)27(28,26(20)35-25)12-13-30(22)16-17-4-5-17/h2-3,6,8,14,17,20,22,26,31,33H,4-5,7,9-13,15-16H2,1H3/t20?,22-,26?,27+,28-/m1/s1. The summed E-state index contributed by atoms with van der Waals surface area (Å²) >= 11 is 0. The summed E-state index contributed by atoms with van der Waals surface area (Å²) in [7, 11) is 1.87. The second kappa shape index (κ2) is 7.50. The lowest BCUT2D eigenvalue weighted by atomic mass is 9.48. The minimum Gasteiger partial charge on any atom is -0.504 e. The molecule has 186 valence electrons. The lowest BCUT2D eigenvalue weighted by molar-refractivity contribution is -0.200. The largest absolute Gasteiger partial charge is 0.504 e. The molecule has 1 aromatic carbocycles. The smallest absolute Gasteiger partial charge is 0.223 e. The Labute approximate surface area is 205 Å². The molecule has 1 spiro atoms. The summed E-state index contributed by atoms with van der Waals surface area (Å²) in [6.07, 6.45) is 7.66. The monoisotopic (exact) mass is 478 g/mol. The minimum absolute atomic E-state index is 0.0480. The third-order valence-electron chi connectivity index (χ3n) is 9.79. The van der Waals surface area contributed by atoms with E-state index in [1.807, 2.05) is 30.1 Å². The van der Waals surface area contributed by atoms with E-state index in [2.05, 4.69) is 4.90 Å². The SMILES string of the molecule is CN(C(=O)CCc1ccco1)C1CC[C@@]2(O)[C@H]3Cc4ccc(O)c5c4[C@@]2(CCN3CC2CC2)C1O5. The maximum Gasteiger partial charge on any atom is 0.223 e. The van der Waals surface area contributed by atoms with E-state index in [0.29, 0.717) is 31.4 Å². The second-order valence-corrected chi connectivity index (χ2v) is 11.5. The number of likely N-dealkylation sites (tertiary alicyclic amines) is 1. The zero-order valence-corrected chi connectivity index (χ0v) is 20.3. The van der Waals surface area contributed by atoms with Crippen LogP contribution in [0.1, 0.15) is 55.4 Å². The van der Waals surface area contributed by atoms with Crippen LogP contribution in [0.4, 0.5) is 0 Å². The number of aromatic hydroxyl groups is 1. The third-order valence-corrected chi connectivity index (χ3v) is 9.79. The summed E-state index contributed by atoms with van der Waals surface area (Å²) in [6, 6.07) is 7.38. The van der Waals surface area contributed by atoms with Crippen molar-refractivity contribution in [3.05, 3.63) is 47.4 Å². The van der Waals surface area contributed by atoms with Gasteiger partial charge in [0.15, 0.2) is 11.5 Å². The number of ether oxygens (including phenoxy) is 1. The molecular formula is C28H34N2O5. The second-order valence-electron chi connectivity index (χ2n) is 11.5. The highest BCUT2D eigenvalue weighted by Crippen LogP contribution is 2.66. The van der Waals surface area contributed by atoms with Crippen molar-refractivity contribution in [2.45, 2.75) is 80.6 Å². The molecule has 5 aliphatic rings. The van der Waals surface area contributed by atoms with Gasteiger partial charge in [0.1, 0.15) is 11.9 Å². The number of aryl methyl sites for hydroxylation is 1. The van der Waals surface area contributed by atoms with E-state index >= 15 is 0 Å². The molecule has 3 fully saturated rings. The third kappa shape index (κ3) is 2.94. The van der Waals surface area contributed by atoms with Crippen molar-refractivity contribution in [3.63, 3.8) is 0 Å². The van der Waals surface area contributed by atoms with Crippen molar-refractivity contribution < 1.29 is 24.2 Å².